The molecule has 1 aromatic heterocycles. The van der Waals surface area contributed by atoms with Gasteiger partial charge in [-0.3, -0.25) is 0 Å². The number of fused-ring (bicyclic) bond motifs is 1. The van der Waals surface area contributed by atoms with E-state index in [0.29, 0.717) is 12.5 Å². The molecule has 1 aliphatic heterocycles. The van der Waals surface area contributed by atoms with Crippen LogP contribution in [-0.2, 0) is 13.0 Å². The normalized spacial score (nSPS) is 12.7. The zero-order valence-electron chi connectivity index (χ0n) is 12.0. The van der Waals surface area contributed by atoms with Gasteiger partial charge in [0.05, 0.1) is 6.61 Å². The maximum atomic E-state index is 5.74. The molecule has 0 aliphatic carbocycles. The largest absolute Gasteiger partial charge is 0.493 e. The molecule has 0 saturated carbocycles. The summed E-state index contributed by atoms with van der Waals surface area (Å²) < 4.78 is 6.82. The molecule has 21 heavy (non-hydrogen) atoms. The van der Waals surface area contributed by atoms with Crippen LogP contribution in [0, 0.1) is 6.92 Å². The molecule has 0 saturated heterocycles. The predicted octanol–water partition coefficient (Wildman–Crippen LogP) is 3.14. The standard InChI is InChI=1S/C15H17BrN4O/c1-9-7-19-15(17-2)20-14(9)18-8-11-6-12(16)5-10-3-4-21-13(10)11/h5-7H,3-4,8H2,1-2H3,(H2,17,18,19,20). The minimum atomic E-state index is 0.610. The molecule has 5 nitrogen and oxygen atoms in total. The fraction of sp³-hybridized carbons (Fsp3) is 0.333. The Labute approximate surface area is 132 Å². The van der Waals surface area contributed by atoms with E-state index in [1.807, 2.05) is 20.2 Å². The lowest BCUT2D eigenvalue weighted by Gasteiger charge is -2.12. The van der Waals surface area contributed by atoms with Crippen LogP contribution in [-0.4, -0.2) is 23.6 Å². The molecule has 2 heterocycles. The molecule has 1 aliphatic rings. The van der Waals surface area contributed by atoms with Crippen LogP contribution in [0.1, 0.15) is 16.7 Å². The van der Waals surface area contributed by atoms with Crippen molar-refractivity contribution in [3.05, 3.63) is 39.5 Å². The molecule has 0 fully saturated rings. The lowest BCUT2D eigenvalue weighted by molar-refractivity contribution is 0.354. The quantitative estimate of drug-likeness (QED) is 0.888. The van der Waals surface area contributed by atoms with Gasteiger partial charge in [0.1, 0.15) is 11.6 Å². The Bertz CT molecular complexity index is 675. The summed E-state index contributed by atoms with van der Waals surface area (Å²) in [4.78, 5) is 8.63. The summed E-state index contributed by atoms with van der Waals surface area (Å²) in [5, 5.41) is 6.32. The molecule has 0 bridgehead atoms. The summed E-state index contributed by atoms with van der Waals surface area (Å²) in [7, 11) is 1.81. The number of rotatable bonds is 4. The lowest BCUT2D eigenvalue weighted by atomic mass is 10.1. The summed E-state index contributed by atoms with van der Waals surface area (Å²) in [5.74, 6) is 2.45. The third kappa shape index (κ3) is 2.95. The van der Waals surface area contributed by atoms with E-state index < -0.39 is 0 Å². The van der Waals surface area contributed by atoms with E-state index in [1.54, 1.807) is 0 Å². The molecular weight excluding hydrogens is 332 g/mol. The van der Waals surface area contributed by atoms with Gasteiger partial charge in [-0.1, -0.05) is 15.9 Å². The smallest absolute Gasteiger partial charge is 0.224 e. The minimum Gasteiger partial charge on any atom is -0.493 e. The zero-order valence-corrected chi connectivity index (χ0v) is 13.6. The van der Waals surface area contributed by atoms with E-state index >= 15 is 0 Å². The summed E-state index contributed by atoms with van der Waals surface area (Å²) in [5.41, 5.74) is 3.42. The first-order valence-electron chi connectivity index (χ1n) is 6.86. The molecule has 0 spiro atoms. The Balaban J connectivity index is 1.82. The molecule has 0 radical (unpaired) electrons. The highest BCUT2D eigenvalue weighted by Crippen LogP contribution is 2.33. The molecule has 0 atom stereocenters. The monoisotopic (exact) mass is 348 g/mol. The van der Waals surface area contributed by atoms with Crippen LogP contribution < -0.4 is 15.4 Å². The third-order valence-electron chi connectivity index (χ3n) is 3.47. The van der Waals surface area contributed by atoms with Crippen molar-refractivity contribution in [3.63, 3.8) is 0 Å². The van der Waals surface area contributed by atoms with Gasteiger partial charge in [-0.15, -0.1) is 0 Å². The molecule has 1 aromatic carbocycles. The molecule has 3 rings (SSSR count). The summed E-state index contributed by atoms with van der Waals surface area (Å²) in [6.45, 7) is 3.42. The molecule has 0 amide bonds. The van der Waals surface area contributed by atoms with Crippen molar-refractivity contribution in [1.29, 1.82) is 0 Å². The van der Waals surface area contributed by atoms with Gasteiger partial charge in [0.2, 0.25) is 5.95 Å². The van der Waals surface area contributed by atoms with Crippen molar-refractivity contribution in [3.8, 4) is 5.75 Å². The van der Waals surface area contributed by atoms with Crippen molar-refractivity contribution in [2.24, 2.45) is 0 Å². The molecule has 2 aromatic rings. The van der Waals surface area contributed by atoms with Crippen LogP contribution >= 0.6 is 15.9 Å². The fourth-order valence-corrected chi connectivity index (χ4v) is 2.95. The first-order chi connectivity index (χ1) is 10.2. The number of nitrogens with zero attached hydrogens (tertiary/aromatic N) is 2. The van der Waals surface area contributed by atoms with Gasteiger partial charge in [-0.2, -0.15) is 4.98 Å². The topological polar surface area (TPSA) is 59.1 Å². The number of benzene rings is 1. The maximum absolute atomic E-state index is 5.74. The average molecular weight is 349 g/mol. The SMILES string of the molecule is CNc1ncc(C)c(NCc2cc(Br)cc3c2OCC3)n1. The van der Waals surface area contributed by atoms with Crippen molar-refractivity contribution in [2.75, 3.05) is 24.3 Å². The first-order valence-corrected chi connectivity index (χ1v) is 7.66. The van der Waals surface area contributed by atoms with E-state index in [9.17, 15) is 0 Å². The number of hydrogen-bond donors (Lipinski definition) is 2. The fourth-order valence-electron chi connectivity index (χ4n) is 2.40. The summed E-state index contributed by atoms with van der Waals surface area (Å²) >= 11 is 3.56. The van der Waals surface area contributed by atoms with E-state index in [0.717, 1.165) is 40.2 Å². The Kier molecular flexibility index (Phi) is 3.96. The maximum Gasteiger partial charge on any atom is 0.224 e. The number of aromatic nitrogens is 2. The highest BCUT2D eigenvalue weighted by molar-refractivity contribution is 9.10. The first kappa shape index (κ1) is 14.1. The zero-order chi connectivity index (χ0) is 14.8. The van der Waals surface area contributed by atoms with Crippen LogP contribution in [0.5, 0.6) is 5.75 Å². The Morgan fingerprint density at radius 3 is 3.05 bits per heavy atom. The van der Waals surface area contributed by atoms with Crippen molar-refractivity contribution >= 4 is 27.7 Å². The van der Waals surface area contributed by atoms with E-state index in [4.69, 9.17) is 4.74 Å². The second-order valence-electron chi connectivity index (χ2n) is 4.98. The lowest BCUT2D eigenvalue weighted by Crippen LogP contribution is -2.07. The minimum absolute atomic E-state index is 0.610. The van der Waals surface area contributed by atoms with Gasteiger partial charge in [0, 0.05) is 41.8 Å². The van der Waals surface area contributed by atoms with Crippen molar-refractivity contribution in [1.82, 2.24) is 9.97 Å². The Morgan fingerprint density at radius 1 is 1.38 bits per heavy atom. The van der Waals surface area contributed by atoms with Crippen LogP contribution in [0.25, 0.3) is 0 Å². The van der Waals surface area contributed by atoms with Crippen molar-refractivity contribution in [2.45, 2.75) is 19.9 Å². The van der Waals surface area contributed by atoms with Crippen LogP contribution in [0.3, 0.4) is 0 Å². The van der Waals surface area contributed by atoms with E-state index in [-0.39, 0.29) is 0 Å². The number of aryl methyl sites for hydroxylation is 1. The number of ether oxygens (including phenoxy) is 1. The molecule has 2 N–H and O–H groups in total. The van der Waals surface area contributed by atoms with Crippen LogP contribution in [0.15, 0.2) is 22.8 Å². The average Bonchev–Trinajstić information content (AvgIpc) is 2.94. The van der Waals surface area contributed by atoms with Crippen molar-refractivity contribution < 1.29 is 4.74 Å². The van der Waals surface area contributed by atoms with Gasteiger partial charge in [-0.05, 0) is 24.6 Å². The van der Waals surface area contributed by atoms with Crippen LogP contribution in [0.4, 0.5) is 11.8 Å². The number of halogens is 1. The molecular formula is C15H17BrN4O. The highest BCUT2D eigenvalue weighted by Gasteiger charge is 2.17. The van der Waals surface area contributed by atoms with Gasteiger partial charge in [0.15, 0.2) is 0 Å². The van der Waals surface area contributed by atoms with Gasteiger partial charge >= 0.3 is 0 Å². The van der Waals surface area contributed by atoms with Crippen LogP contribution in [0.2, 0.25) is 0 Å². The summed E-state index contributed by atoms with van der Waals surface area (Å²) in [6, 6.07) is 4.22. The van der Waals surface area contributed by atoms with E-state index in [2.05, 4.69) is 48.7 Å². The third-order valence-corrected chi connectivity index (χ3v) is 3.92. The van der Waals surface area contributed by atoms with E-state index in [1.165, 1.54) is 5.56 Å². The number of nitrogens with one attached hydrogen (secondary N) is 2. The van der Waals surface area contributed by atoms with Gasteiger partial charge < -0.3 is 15.4 Å². The molecule has 0 unspecified atom stereocenters. The number of hydrogen-bond acceptors (Lipinski definition) is 5. The molecule has 6 heteroatoms. The second-order valence-corrected chi connectivity index (χ2v) is 5.90. The van der Waals surface area contributed by atoms with Gasteiger partial charge in [-0.25, -0.2) is 4.98 Å². The number of anilines is 2. The van der Waals surface area contributed by atoms with Gasteiger partial charge in [0.25, 0.3) is 0 Å². The Morgan fingerprint density at radius 2 is 2.24 bits per heavy atom. The highest BCUT2D eigenvalue weighted by atomic mass is 79.9. The predicted molar refractivity (Wildman–Crippen MR) is 87.0 cm³/mol. The molecule has 110 valence electrons. The second kappa shape index (κ2) is 5.89. The summed E-state index contributed by atoms with van der Waals surface area (Å²) in [6.07, 6.45) is 2.78. The Hall–Kier alpha value is -1.82.